The van der Waals surface area contributed by atoms with Crippen LogP contribution < -0.4 is 37.6 Å². The van der Waals surface area contributed by atoms with E-state index in [1.807, 2.05) is 0 Å². The van der Waals surface area contributed by atoms with Gasteiger partial charge in [-0.3, -0.25) is 43.2 Å². The van der Waals surface area contributed by atoms with Crippen molar-refractivity contribution in [3.8, 4) is 0 Å². The van der Waals surface area contributed by atoms with Crippen molar-refractivity contribution in [2.75, 3.05) is 32.8 Å². The highest BCUT2D eigenvalue weighted by Gasteiger charge is 2.38. The second-order valence-corrected chi connectivity index (χ2v) is 15.7. The van der Waals surface area contributed by atoms with Crippen LogP contribution in [0.15, 0.2) is 0 Å². The average Bonchev–Trinajstić information content (AvgIpc) is 3.86. The summed E-state index contributed by atoms with van der Waals surface area (Å²) in [6.07, 6.45) is 0.880. The summed E-state index contributed by atoms with van der Waals surface area (Å²) in [5, 5.41) is 42.4. The van der Waals surface area contributed by atoms with Crippen molar-refractivity contribution in [1.29, 1.82) is 0 Å². The number of carboxylic acids is 2. The molecule has 0 aromatic heterocycles. The van der Waals surface area contributed by atoms with Crippen molar-refractivity contribution in [3.63, 3.8) is 0 Å². The van der Waals surface area contributed by atoms with E-state index >= 15 is 0 Å². The van der Waals surface area contributed by atoms with Crippen LogP contribution in [0.1, 0.15) is 86.0 Å². The minimum Gasteiger partial charge on any atom is -0.481 e. The van der Waals surface area contributed by atoms with E-state index in [9.17, 15) is 58.2 Å². The Balaban J connectivity index is 2.08. The van der Waals surface area contributed by atoms with Crippen molar-refractivity contribution in [2.24, 2.45) is 17.6 Å². The molecule has 59 heavy (non-hydrogen) atoms. The summed E-state index contributed by atoms with van der Waals surface area (Å²) in [7, 11) is 0. The highest BCUT2D eigenvalue weighted by Crippen LogP contribution is 2.20. The quantitative estimate of drug-likeness (QED) is 0.0478. The Morgan fingerprint density at radius 2 is 1.14 bits per heavy atom. The largest absolute Gasteiger partial charge is 0.481 e. The van der Waals surface area contributed by atoms with Gasteiger partial charge in [0.1, 0.15) is 36.3 Å². The fourth-order valence-electron chi connectivity index (χ4n) is 6.74. The van der Waals surface area contributed by atoms with E-state index in [2.05, 4.69) is 31.9 Å². The zero-order valence-electron chi connectivity index (χ0n) is 34.3. The fourth-order valence-corrected chi connectivity index (χ4v) is 6.74. The minimum atomic E-state index is -1.55. The zero-order valence-corrected chi connectivity index (χ0v) is 34.3. The van der Waals surface area contributed by atoms with Gasteiger partial charge in [-0.2, -0.15) is 0 Å². The summed E-state index contributed by atoms with van der Waals surface area (Å²) in [5.74, 6) is -8.63. The molecule has 0 spiro atoms. The van der Waals surface area contributed by atoms with Crippen LogP contribution in [-0.4, -0.2) is 159 Å². The molecule has 22 heteroatoms. The Morgan fingerprint density at radius 1 is 0.644 bits per heavy atom. The summed E-state index contributed by atoms with van der Waals surface area (Å²) in [6.45, 7) is 7.10. The molecule has 11 N–H and O–H groups in total. The van der Waals surface area contributed by atoms with Crippen LogP contribution in [0, 0.1) is 11.8 Å². The van der Waals surface area contributed by atoms with Gasteiger partial charge in [0.25, 0.3) is 0 Å². The predicted molar refractivity (Wildman–Crippen MR) is 207 cm³/mol. The van der Waals surface area contributed by atoms with E-state index in [1.54, 1.807) is 27.7 Å². The lowest BCUT2D eigenvalue weighted by Crippen LogP contribution is -2.59. The maximum absolute atomic E-state index is 13.7. The highest BCUT2D eigenvalue weighted by molar-refractivity contribution is 5.97. The summed E-state index contributed by atoms with van der Waals surface area (Å²) in [6, 6.07) is -8.16. The monoisotopic (exact) mass is 839 g/mol. The van der Waals surface area contributed by atoms with Crippen molar-refractivity contribution in [2.45, 2.75) is 128 Å². The molecule has 0 aliphatic carbocycles. The third-order valence-electron chi connectivity index (χ3n) is 9.72. The summed E-state index contributed by atoms with van der Waals surface area (Å²) < 4.78 is 0. The smallest absolute Gasteiger partial charge is 0.328 e. The Kier molecular flexibility index (Phi) is 20.1. The van der Waals surface area contributed by atoms with Crippen LogP contribution in [0.5, 0.6) is 0 Å². The van der Waals surface area contributed by atoms with Crippen molar-refractivity contribution in [3.05, 3.63) is 0 Å². The molecular weight excluding hydrogens is 778 g/mol. The maximum Gasteiger partial charge on any atom is 0.328 e. The Hall–Kier alpha value is -5.38. The van der Waals surface area contributed by atoms with Gasteiger partial charge in [-0.15, -0.1) is 0 Å². The lowest BCUT2D eigenvalue weighted by atomic mass is 9.99. The van der Waals surface area contributed by atoms with Gasteiger partial charge in [0.15, 0.2) is 0 Å². The standard InChI is InChI=1S/C37H61N9O13/c1-19(2)14-23(31(52)40-16-28(48)39-17-29(49)45-12-6-8-26(45)34(55)44-25(18-47)37(58)59)42-33(54)24(15-20(3)4)43-32(53)22(10-11-30(50)51)41-35(56)27-9-7-13-46(27)36(57)21(5)38/h19-27,47H,6-18,38H2,1-5H3,(H,39,48)(H,40,52)(H,41,56)(H,42,54)(H,43,53)(H,44,55)(H,50,51)(H,58,59)/t21-,22-,23-,24-,25-,26-,27-/m0/s1. The molecular formula is C37H61N9O13. The molecule has 8 amide bonds. The first kappa shape index (κ1) is 49.8. The minimum absolute atomic E-state index is 0.0873. The second kappa shape index (κ2) is 23.9. The molecule has 332 valence electrons. The first-order chi connectivity index (χ1) is 27.7. The van der Waals surface area contributed by atoms with Crippen LogP contribution in [0.4, 0.5) is 0 Å². The molecule has 0 bridgehead atoms. The molecule has 2 aliphatic heterocycles. The molecule has 2 aliphatic rings. The summed E-state index contributed by atoms with van der Waals surface area (Å²) in [5.41, 5.74) is 5.74. The van der Waals surface area contributed by atoms with E-state index in [1.165, 1.54) is 16.7 Å². The van der Waals surface area contributed by atoms with E-state index in [0.717, 1.165) is 0 Å². The second-order valence-electron chi connectivity index (χ2n) is 15.7. The number of hydrogen-bond donors (Lipinski definition) is 10. The SMILES string of the molecule is CC(C)C[C@H](NC(=O)[C@H](CC(C)C)NC(=O)[C@H](CCC(=O)O)NC(=O)[C@@H]1CCCN1C(=O)[C@H](C)N)C(=O)NCC(=O)NCC(=O)N1CCC[C@H]1C(=O)N[C@@H](CO)C(=O)O. The van der Waals surface area contributed by atoms with Gasteiger partial charge in [-0.05, 0) is 63.7 Å². The number of likely N-dealkylation sites (tertiary alicyclic amines) is 2. The van der Waals surface area contributed by atoms with Gasteiger partial charge < -0.3 is 62.8 Å². The van der Waals surface area contributed by atoms with Gasteiger partial charge >= 0.3 is 11.9 Å². The molecule has 0 radical (unpaired) electrons. The molecule has 0 aromatic rings. The van der Waals surface area contributed by atoms with Gasteiger partial charge in [-0.25, -0.2) is 4.79 Å². The molecule has 2 rings (SSSR count). The number of amides is 8. The molecule has 0 unspecified atom stereocenters. The number of aliphatic hydroxyl groups is 1. The van der Waals surface area contributed by atoms with E-state index in [-0.39, 0.29) is 50.6 Å². The molecule has 2 heterocycles. The van der Waals surface area contributed by atoms with Gasteiger partial charge in [-0.1, -0.05) is 27.7 Å². The number of carbonyl (C=O) groups excluding carboxylic acids is 8. The fraction of sp³-hybridized carbons (Fsp3) is 0.730. The lowest BCUT2D eigenvalue weighted by molar-refractivity contribution is -0.145. The molecule has 2 saturated heterocycles. The highest BCUT2D eigenvalue weighted by atomic mass is 16.4. The lowest BCUT2D eigenvalue weighted by Gasteiger charge is -2.29. The van der Waals surface area contributed by atoms with Gasteiger partial charge in [0.05, 0.1) is 25.7 Å². The number of carbonyl (C=O) groups is 10. The number of nitrogens with zero attached hydrogens (tertiary/aromatic N) is 2. The number of rotatable bonds is 23. The predicted octanol–water partition coefficient (Wildman–Crippen LogP) is -3.48. The number of hydrogen-bond acceptors (Lipinski definition) is 12. The summed E-state index contributed by atoms with van der Waals surface area (Å²) >= 11 is 0. The molecule has 0 aromatic carbocycles. The maximum atomic E-state index is 13.7. The summed E-state index contributed by atoms with van der Waals surface area (Å²) in [4.78, 5) is 130. The van der Waals surface area contributed by atoms with E-state index < -0.39 is 128 Å². The van der Waals surface area contributed by atoms with Crippen LogP contribution in [0.2, 0.25) is 0 Å². The number of nitrogens with two attached hydrogens (primary N) is 1. The third kappa shape index (κ3) is 16.1. The normalized spacial score (nSPS) is 18.9. The van der Waals surface area contributed by atoms with Crippen molar-refractivity contribution < 1.29 is 63.3 Å². The van der Waals surface area contributed by atoms with Gasteiger partial charge in [0, 0.05) is 19.5 Å². The Labute approximate surface area is 342 Å². The molecule has 22 nitrogen and oxygen atoms in total. The van der Waals surface area contributed by atoms with Crippen LogP contribution >= 0.6 is 0 Å². The number of carboxylic acid groups (broad SMARTS) is 2. The Bertz CT molecular complexity index is 1560. The number of aliphatic carboxylic acids is 2. The molecule has 7 atom stereocenters. The first-order valence-electron chi connectivity index (χ1n) is 19.8. The molecule has 2 fully saturated rings. The van der Waals surface area contributed by atoms with E-state index in [4.69, 9.17) is 10.8 Å². The first-order valence-corrected chi connectivity index (χ1v) is 19.8. The van der Waals surface area contributed by atoms with Crippen molar-refractivity contribution in [1.82, 2.24) is 41.7 Å². The third-order valence-corrected chi connectivity index (χ3v) is 9.72. The van der Waals surface area contributed by atoms with Crippen LogP contribution in [0.25, 0.3) is 0 Å². The van der Waals surface area contributed by atoms with E-state index in [0.29, 0.717) is 19.3 Å². The topological polar surface area (TPSA) is 336 Å². The number of nitrogens with one attached hydrogen (secondary N) is 6. The number of aliphatic hydroxyl groups excluding tert-OH is 1. The van der Waals surface area contributed by atoms with Crippen LogP contribution in [0.3, 0.4) is 0 Å². The zero-order chi connectivity index (χ0) is 44.6. The van der Waals surface area contributed by atoms with Crippen molar-refractivity contribution >= 4 is 59.2 Å². The Morgan fingerprint density at radius 3 is 1.63 bits per heavy atom. The molecule has 0 saturated carbocycles. The van der Waals surface area contributed by atoms with Gasteiger partial charge in [0.2, 0.25) is 47.3 Å². The average molecular weight is 840 g/mol. The van der Waals surface area contributed by atoms with Crippen LogP contribution in [-0.2, 0) is 47.9 Å².